The molecule has 4 N–H and O–H groups in total. The molecule has 0 saturated carbocycles. The van der Waals surface area contributed by atoms with E-state index in [1.54, 1.807) is 12.4 Å². The average Bonchev–Trinajstić information content (AvgIpc) is 3.29. The number of rotatable bonds is 6. The molecule has 0 saturated heterocycles. The molecule has 2 aromatic heterocycles. The Balaban J connectivity index is 1.68. The SMILES string of the molecule is CNCCNC(=O)c1oc2cnccc2c1Nc1ccc2c(c1)CC/C2=N\O. The van der Waals surface area contributed by atoms with Crippen LogP contribution in [0, 0.1) is 0 Å². The number of carbonyl (C=O) groups excluding carboxylic acids is 1. The standard InChI is InChI=1S/C20H21N5O3/c1-21-8-9-23-20(26)19-18(15-6-7-22-11-17(15)28-19)24-13-3-4-14-12(10-13)2-5-16(14)25-27/h3-4,6-7,10-11,21,24,27H,2,5,8-9H2,1H3,(H,23,26)/b25-16+. The van der Waals surface area contributed by atoms with E-state index < -0.39 is 0 Å². The highest BCUT2D eigenvalue weighted by Crippen LogP contribution is 2.34. The molecule has 0 unspecified atom stereocenters. The van der Waals surface area contributed by atoms with Gasteiger partial charge in [-0.3, -0.25) is 9.78 Å². The summed E-state index contributed by atoms with van der Waals surface area (Å²) >= 11 is 0. The molecule has 0 spiro atoms. The molecule has 2 heterocycles. The lowest BCUT2D eigenvalue weighted by molar-refractivity contribution is 0.0930. The van der Waals surface area contributed by atoms with Crippen LogP contribution in [0.15, 0.2) is 46.2 Å². The second-order valence-electron chi connectivity index (χ2n) is 6.58. The summed E-state index contributed by atoms with van der Waals surface area (Å²) in [5.74, 6) is -0.0676. The van der Waals surface area contributed by atoms with Crippen molar-refractivity contribution in [2.75, 3.05) is 25.5 Å². The van der Waals surface area contributed by atoms with Crippen LogP contribution in [0.1, 0.15) is 28.1 Å². The maximum atomic E-state index is 12.6. The van der Waals surface area contributed by atoms with E-state index in [1.807, 2.05) is 31.3 Å². The minimum Gasteiger partial charge on any atom is -0.447 e. The van der Waals surface area contributed by atoms with Gasteiger partial charge >= 0.3 is 0 Å². The fourth-order valence-corrected chi connectivity index (χ4v) is 3.41. The van der Waals surface area contributed by atoms with Crippen LogP contribution in [0.4, 0.5) is 11.4 Å². The topological polar surface area (TPSA) is 112 Å². The zero-order valence-electron chi connectivity index (χ0n) is 15.5. The van der Waals surface area contributed by atoms with Gasteiger partial charge in [0.25, 0.3) is 5.91 Å². The number of fused-ring (bicyclic) bond motifs is 2. The Labute approximate surface area is 161 Å². The Morgan fingerprint density at radius 1 is 1.29 bits per heavy atom. The summed E-state index contributed by atoms with van der Waals surface area (Å²) in [6.07, 6.45) is 4.79. The fraction of sp³-hybridized carbons (Fsp3) is 0.250. The van der Waals surface area contributed by atoms with Gasteiger partial charge in [-0.2, -0.15) is 0 Å². The van der Waals surface area contributed by atoms with Crippen molar-refractivity contribution in [2.45, 2.75) is 12.8 Å². The minimum absolute atomic E-state index is 0.220. The van der Waals surface area contributed by atoms with E-state index in [4.69, 9.17) is 9.62 Å². The van der Waals surface area contributed by atoms with Crippen LogP contribution in [0.2, 0.25) is 0 Å². The number of furan rings is 1. The summed E-state index contributed by atoms with van der Waals surface area (Å²) in [6.45, 7) is 1.15. The lowest BCUT2D eigenvalue weighted by atomic mass is 10.1. The molecule has 3 aromatic rings. The van der Waals surface area contributed by atoms with Crippen LogP contribution in [0.25, 0.3) is 11.0 Å². The Hall–Kier alpha value is -3.39. The van der Waals surface area contributed by atoms with E-state index in [0.29, 0.717) is 36.5 Å². The van der Waals surface area contributed by atoms with E-state index in [1.165, 1.54) is 0 Å². The maximum Gasteiger partial charge on any atom is 0.289 e. The molecule has 28 heavy (non-hydrogen) atoms. The van der Waals surface area contributed by atoms with Crippen molar-refractivity contribution in [2.24, 2.45) is 5.16 Å². The molecule has 4 rings (SSSR count). The van der Waals surface area contributed by atoms with Gasteiger partial charge < -0.3 is 25.6 Å². The number of pyridine rings is 1. The number of nitrogens with one attached hydrogen (secondary N) is 3. The summed E-state index contributed by atoms with van der Waals surface area (Å²) in [7, 11) is 1.83. The highest BCUT2D eigenvalue weighted by atomic mass is 16.4. The number of nitrogens with zero attached hydrogens (tertiary/aromatic N) is 2. The Kier molecular flexibility index (Phi) is 4.94. The second kappa shape index (κ2) is 7.69. The molecule has 1 amide bonds. The van der Waals surface area contributed by atoms with Crippen molar-refractivity contribution in [1.82, 2.24) is 15.6 Å². The van der Waals surface area contributed by atoms with E-state index in [9.17, 15) is 4.79 Å². The van der Waals surface area contributed by atoms with Gasteiger partial charge in [0.2, 0.25) is 5.76 Å². The number of hydrogen-bond donors (Lipinski definition) is 4. The van der Waals surface area contributed by atoms with Crippen molar-refractivity contribution >= 4 is 34.0 Å². The number of hydrogen-bond acceptors (Lipinski definition) is 7. The van der Waals surface area contributed by atoms with Crippen LogP contribution in [0.3, 0.4) is 0 Å². The van der Waals surface area contributed by atoms with Gasteiger partial charge in [-0.1, -0.05) is 11.2 Å². The lowest BCUT2D eigenvalue weighted by Crippen LogP contribution is -2.30. The van der Waals surface area contributed by atoms with Crippen molar-refractivity contribution in [3.8, 4) is 0 Å². The summed E-state index contributed by atoms with van der Waals surface area (Å²) in [6, 6.07) is 7.65. The number of oxime groups is 1. The largest absolute Gasteiger partial charge is 0.447 e. The summed E-state index contributed by atoms with van der Waals surface area (Å²) in [5.41, 5.74) is 4.74. The third-order valence-corrected chi connectivity index (χ3v) is 4.80. The van der Waals surface area contributed by atoms with Crippen LogP contribution < -0.4 is 16.0 Å². The number of aromatic nitrogens is 1. The Morgan fingerprint density at radius 3 is 3.00 bits per heavy atom. The van der Waals surface area contributed by atoms with Crippen LogP contribution in [-0.4, -0.2) is 41.9 Å². The molecule has 8 heteroatoms. The Bertz CT molecular complexity index is 1060. The molecule has 0 bridgehead atoms. The molecule has 1 aromatic carbocycles. The van der Waals surface area contributed by atoms with Crippen molar-refractivity contribution in [3.05, 3.63) is 53.5 Å². The summed E-state index contributed by atoms with van der Waals surface area (Å²) in [4.78, 5) is 16.7. The number of likely N-dealkylation sites (N-methyl/N-ethyl adjacent to an activating group) is 1. The molecule has 0 aliphatic heterocycles. The first-order valence-electron chi connectivity index (χ1n) is 9.12. The summed E-state index contributed by atoms with van der Waals surface area (Å²) < 4.78 is 5.78. The molecule has 0 atom stereocenters. The number of anilines is 2. The highest BCUT2D eigenvalue weighted by Gasteiger charge is 2.22. The number of benzene rings is 1. The lowest BCUT2D eigenvalue weighted by Gasteiger charge is -2.10. The van der Waals surface area contributed by atoms with E-state index >= 15 is 0 Å². The van der Waals surface area contributed by atoms with Gasteiger partial charge in [0.05, 0.1) is 17.6 Å². The van der Waals surface area contributed by atoms with Crippen molar-refractivity contribution in [3.63, 3.8) is 0 Å². The third-order valence-electron chi connectivity index (χ3n) is 4.80. The quantitative estimate of drug-likeness (QED) is 0.298. The normalized spacial score (nSPS) is 14.4. The first-order valence-corrected chi connectivity index (χ1v) is 9.12. The fourth-order valence-electron chi connectivity index (χ4n) is 3.41. The van der Waals surface area contributed by atoms with Gasteiger partial charge in [-0.15, -0.1) is 0 Å². The van der Waals surface area contributed by atoms with Gasteiger partial charge in [0.15, 0.2) is 5.58 Å². The molecule has 144 valence electrons. The Morgan fingerprint density at radius 2 is 2.18 bits per heavy atom. The van der Waals surface area contributed by atoms with Gasteiger partial charge in [0.1, 0.15) is 0 Å². The summed E-state index contributed by atoms with van der Waals surface area (Å²) in [5, 5.41) is 22.4. The smallest absolute Gasteiger partial charge is 0.289 e. The molecule has 1 aliphatic carbocycles. The van der Waals surface area contributed by atoms with E-state index in [-0.39, 0.29) is 11.7 Å². The minimum atomic E-state index is -0.287. The van der Waals surface area contributed by atoms with E-state index in [2.05, 4.69) is 26.1 Å². The molecule has 0 fully saturated rings. The van der Waals surface area contributed by atoms with Crippen LogP contribution >= 0.6 is 0 Å². The molecule has 0 radical (unpaired) electrons. The predicted molar refractivity (Wildman–Crippen MR) is 107 cm³/mol. The molecular weight excluding hydrogens is 358 g/mol. The first kappa shape index (κ1) is 18.0. The molecule has 1 aliphatic rings. The first-order chi connectivity index (χ1) is 13.7. The van der Waals surface area contributed by atoms with Crippen molar-refractivity contribution < 1.29 is 14.4 Å². The average molecular weight is 379 g/mol. The second-order valence-corrected chi connectivity index (χ2v) is 6.58. The van der Waals surface area contributed by atoms with Gasteiger partial charge in [0, 0.05) is 35.9 Å². The van der Waals surface area contributed by atoms with Crippen LogP contribution in [-0.2, 0) is 6.42 Å². The predicted octanol–water partition coefficient (Wildman–Crippen LogP) is 2.65. The number of amides is 1. The third kappa shape index (κ3) is 3.29. The van der Waals surface area contributed by atoms with Crippen molar-refractivity contribution in [1.29, 1.82) is 0 Å². The number of carbonyl (C=O) groups is 1. The van der Waals surface area contributed by atoms with Gasteiger partial charge in [-0.05, 0) is 43.7 Å². The molecule has 8 nitrogen and oxygen atoms in total. The van der Waals surface area contributed by atoms with Crippen LogP contribution in [0.5, 0.6) is 0 Å². The number of aryl methyl sites for hydroxylation is 1. The maximum absolute atomic E-state index is 12.6. The van der Waals surface area contributed by atoms with Gasteiger partial charge in [-0.25, -0.2) is 0 Å². The zero-order chi connectivity index (χ0) is 19.5. The van der Waals surface area contributed by atoms with E-state index in [0.717, 1.165) is 28.6 Å². The highest BCUT2D eigenvalue weighted by molar-refractivity contribution is 6.07. The monoisotopic (exact) mass is 379 g/mol. The molecular formula is C20H21N5O3. The zero-order valence-corrected chi connectivity index (χ0v) is 15.5.